The zero-order valence-corrected chi connectivity index (χ0v) is 21.2. The van der Waals surface area contributed by atoms with E-state index in [9.17, 15) is 34.4 Å². The number of rotatable bonds is 5. The van der Waals surface area contributed by atoms with Crippen LogP contribution in [0.2, 0.25) is 0 Å². The number of alkyl halides is 3. The van der Waals surface area contributed by atoms with Crippen molar-refractivity contribution in [3.05, 3.63) is 59.2 Å². The largest absolute Gasteiger partial charge is 0.490 e. The second kappa shape index (κ2) is 8.68. The Labute approximate surface area is 206 Å². The molecule has 0 aromatic heterocycles. The van der Waals surface area contributed by atoms with E-state index in [2.05, 4.69) is 0 Å². The van der Waals surface area contributed by atoms with Crippen LogP contribution in [0.15, 0.2) is 41.3 Å². The summed E-state index contributed by atoms with van der Waals surface area (Å²) in [6.07, 6.45) is -3.08. The predicted octanol–water partition coefficient (Wildman–Crippen LogP) is 5.29. The van der Waals surface area contributed by atoms with Gasteiger partial charge in [-0.1, -0.05) is 13.3 Å². The predicted molar refractivity (Wildman–Crippen MR) is 122 cm³/mol. The molecule has 1 saturated carbocycles. The Morgan fingerprint density at radius 3 is 2.17 bits per heavy atom. The molecule has 0 amide bonds. The van der Waals surface area contributed by atoms with Gasteiger partial charge in [-0.3, -0.25) is 0 Å². The molecule has 2 aromatic rings. The van der Waals surface area contributed by atoms with Gasteiger partial charge in [0.2, 0.25) is 0 Å². The van der Waals surface area contributed by atoms with Crippen LogP contribution in [0, 0.1) is 23.0 Å². The maximum absolute atomic E-state index is 15.4. The molecule has 3 atom stereocenters. The van der Waals surface area contributed by atoms with Crippen molar-refractivity contribution in [3.8, 4) is 5.75 Å². The summed E-state index contributed by atoms with van der Waals surface area (Å²) >= 11 is 0. The van der Waals surface area contributed by atoms with Crippen molar-refractivity contribution in [1.29, 1.82) is 0 Å². The molecule has 2 aliphatic rings. The van der Waals surface area contributed by atoms with E-state index in [0.29, 0.717) is 18.6 Å². The smallest absolute Gasteiger partial charge is 0.416 e. The Balaban J connectivity index is 1.97. The molecule has 5 nitrogen and oxygen atoms in total. The molecule has 0 radical (unpaired) electrons. The van der Waals surface area contributed by atoms with Gasteiger partial charge in [-0.05, 0) is 61.1 Å². The van der Waals surface area contributed by atoms with E-state index in [0.717, 1.165) is 30.5 Å². The summed E-state index contributed by atoms with van der Waals surface area (Å²) in [6.45, 7) is 1.37. The SMILES string of the molecule is C[C@@]1(CCS(C)(=O)=O)CCC[C@]2(S(=O)(=O)c3ccc(C(F)(F)F)cc3)c3c(F)ccc(F)c3OC[C@H]12. The molecular weight excluding hydrogens is 527 g/mol. The minimum Gasteiger partial charge on any atom is -0.490 e. The van der Waals surface area contributed by atoms with Crippen molar-refractivity contribution in [2.24, 2.45) is 11.3 Å². The molecule has 4 rings (SSSR count). The van der Waals surface area contributed by atoms with Crippen LogP contribution in [-0.2, 0) is 30.6 Å². The van der Waals surface area contributed by atoms with Gasteiger partial charge in [0.05, 0.1) is 28.4 Å². The van der Waals surface area contributed by atoms with Crippen LogP contribution < -0.4 is 4.74 Å². The van der Waals surface area contributed by atoms with Crippen LogP contribution >= 0.6 is 0 Å². The lowest BCUT2D eigenvalue weighted by molar-refractivity contribution is -0.137. The van der Waals surface area contributed by atoms with Gasteiger partial charge in [0.15, 0.2) is 21.4 Å². The topological polar surface area (TPSA) is 77.5 Å². The molecule has 0 unspecified atom stereocenters. The van der Waals surface area contributed by atoms with Crippen LogP contribution in [0.4, 0.5) is 22.0 Å². The lowest BCUT2D eigenvalue weighted by atomic mass is 9.58. The van der Waals surface area contributed by atoms with Crippen molar-refractivity contribution in [3.63, 3.8) is 0 Å². The molecule has 36 heavy (non-hydrogen) atoms. The van der Waals surface area contributed by atoms with Gasteiger partial charge in [-0.15, -0.1) is 0 Å². The van der Waals surface area contributed by atoms with Gasteiger partial charge in [0.25, 0.3) is 0 Å². The van der Waals surface area contributed by atoms with Crippen LogP contribution in [0.5, 0.6) is 5.75 Å². The maximum atomic E-state index is 15.4. The number of halogens is 5. The average Bonchev–Trinajstić information content (AvgIpc) is 2.79. The first-order valence-corrected chi connectivity index (χ1v) is 14.8. The lowest BCUT2D eigenvalue weighted by Crippen LogP contribution is -2.57. The second-order valence-electron chi connectivity index (χ2n) is 9.90. The van der Waals surface area contributed by atoms with Gasteiger partial charge in [0.1, 0.15) is 20.4 Å². The Bertz CT molecular complexity index is 1390. The molecule has 0 spiro atoms. The molecule has 0 N–H and O–H groups in total. The number of ether oxygens (including phenoxy) is 1. The Morgan fingerprint density at radius 1 is 0.972 bits per heavy atom. The first-order chi connectivity index (χ1) is 16.5. The van der Waals surface area contributed by atoms with Crippen molar-refractivity contribution in [2.45, 2.75) is 48.4 Å². The van der Waals surface area contributed by atoms with Gasteiger partial charge in [0, 0.05) is 12.2 Å². The van der Waals surface area contributed by atoms with E-state index >= 15 is 4.39 Å². The number of hydrogen-bond acceptors (Lipinski definition) is 5. The Morgan fingerprint density at radius 2 is 1.58 bits per heavy atom. The fraction of sp³-hybridized carbons (Fsp3) is 0.500. The summed E-state index contributed by atoms with van der Waals surface area (Å²) in [5.74, 6) is -3.77. The third-order valence-electron chi connectivity index (χ3n) is 7.59. The maximum Gasteiger partial charge on any atom is 0.416 e. The molecular formula is C24H25F5O5S2. The second-order valence-corrected chi connectivity index (χ2v) is 14.4. The van der Waals surface area contributed by atoms with Gasteiger partial charge in [-0.25, -0.2) is 25.6 Å². The van der Waals surface area contributed by atoms with E-state index in [-0.39, 0.29) is 31.6 Å². The van der Waals surface area contributed by atoms with E-state index in [4.69, 9.17) is 4.74 Å². The summed E-state index contributed by atoms with van der Waals surface area (Å²) in [5.41, 5.74) is -2.51. The van der Waals surface area contributed by atoms with Crippen molar-refractivity contribution < 1.29 is 43.5 Å². The van der Waals surface area contributed by atoms with Crippen LogP contribution in [0.25, 0.3) is 0 Å². The number of fused-ring (bicyclic) bond motifs is 3. The molecule has 1 heterocycles. The quantitative estimate of drug-likeness (QED) is 0.472. The van der Waals surface area contributed by atoms with E-state index < -0.39 is 75.3 Å². The highest BCUT2D eigenvalue weighted by Gasteiger charge is 2.63. The Kier molecular flexibility index (Phi) is 6.47. The summed E-state index contributed by atoms with van der Waals surface area (Å²) in [7, 11) is -8.06. The van der Waals surface area contributed by atoms with Gasteiger partial charge >= 0.3 is 6.18 Å². The molecule has 1 aliphatic heterocycles. The standard InChI is InChI=1S/C24H25F5O5S2/c1-22(12-13-35(2,30)31)10-3-11-23(19(22)14-34-21-18(26)9-8-17(25)20(21)23)36(32,33)16-6-4-15(5-7-16)24(27,28)29/h4-9,19H,3,10-14H2,1-2H3/t19-,22+,23-/m1/s1. The lowest BCUT2D eigenvalue weighted by Gasteiger charge is -2.55. The normalized spacial score (nSPS) is 26.6. The van der Waals surface area contributed by atoms with Crippen LogP contribution in [0.1, 0.15) is 43.7 Å². The fourth-order valence-corrected chi connectivity index (χ4v) is 9.09. The summed E-state index contributed by atoms with van der Waals surface area (Å²) < 4.78 is 125. The molecule has 12 heteroatoms. The highest BCUT2D eigenvalue weighted by atomic mass is 32.2. The van der Waals surface area contributed by atoms with Crippen molar-refractivity contribution >= 4 is 19.7 Å². The third-order valence-corrected chi connectivity index (χ3v) is 11.1. The van der Waals surface area contributed by atoms with Gasteiger partial charge < -0.3 is 4.74 Å². The zero-order chi connectivity index (χ0) is 26.7. The van der Waals surface area contributed by atoms with Crippen LogP contribution in [-0.4, -0.2) is 35.5 Å². The minimum atomic E-state index is -4.70. The fourth-order valence-electron chi connectivity index (χ4n) is 5.74. The molecule has 1 fully saturated rings. The van der Waals surface area contributed by atoms with Crippen LogP contribution in [0.3, 0.4) is 0 Å². The monoisotopic (exact) mass is 552 g/mol. The molecule has 2 aromatic carbocycles. The Hall–Kier alpha value is -2.21. The number of sulfone groups is 2. The van der Waals surface area contributed by atoms with Crippen molar-refractivity contribution in [1.82, 2.24) is 0 Å². The zero-order valence-electron chi connectivity index (χ0n) is 19.5. The third kappa shape index (κ3) is 4.29. The minimum absolute atomic E-state index is 0.0520. The summed E-state index contributed by atoms with van der Waals surface area (Å²) in [5, 5.41) is 0. The molecule has 0 saturated heterocycles. The number of hydrogen-bond donors (Lipinski definition) is 0. The average molecular weight is 553 g/mol. The van der Waals surface area contributed by atoms with Crippen molar-refractivity contribution in [2.75, 3.05) is 18.6 Å². The van der Waals surface area contributed by atoms with Gasteiger partial charge in [-0.2, -0.15) is 13.2 Å². The highest BCUT2D eigenvalue weighted by molar-refractivity contribution is 7.92. The number of benzene rings is 2. The highest BCUT2D eigenvalue weighted by Crippen LogP contribution is 2.62. The first-order valence-electron chi connectivity index (χ1n) is 11.2. The van der Waals surface area contributed by atoms with E-state index in [1.54, 1.807) is 6.92 Å². The van der Waals surface area contributed by atoms with E-state index in [1.807, 2.05) is 0 Å². The van der Waals surface area contributed by atoms with E-state index in [1.165, 1.54) is 0 Å². The first kappa shape index (κ1) is 26.8. The molecule has 1 aliphatic carbocycles. The summed E-state index contributed by atoms with van der Waals surface area (Å²) in [6, 6.07) is 4.52. The molecule has 198 valence electrons. The summed E-state index contributed by atoms with van der Waals surface area (Å²) in [4.78, 5) is -0.468. The molecule has 0 bridgehead atoms.